The molecule has 0 radical (unpaired) electrons. The monoisotopic (exact) mass is 532 g/mol. The van der Waals surface area contributed by atoms with Gasteiger partial charge in [-0.3, -0.25) is 4.98 Å². The molecule has 9 rings (SSSR count). The van der Waals surface area contributed by atoms with Crippen molar-refractivity contribution in [1.29, 1.82) is 0 Å². The minimum absolute atomic E-state index is 0.987. The summed E-state index contributed by atoms with van der Waals surface area (Å²) in [6.07, 6.45) is 1.90. The lowest BCUT2D eigenvalue weighted by Gasteiger charge is -2.19. The summed E-state index contributed by atoms with van der Waals surface area (Å²) in [5.74, 6) is 0. The Morgan fingerprint density at radius 1 is 0.381 bits per heavy atom. The van der Waals surface area contributed by atoms with Gasteiger partial charge in [-0.2, -0.15) is 0 Å². The van der Waals surface area contributed by atoms with E-state index in [2.05, 4.69) is 133 Å². The Labute approximate surface area is 242 Å². The molecule has 0 aliphatic heterocycles. The van der Waals surface area contributed by atoms with Gasteiger partial charge in [0.05, 0.1) is 16.7 Å². The van der Waals surface area contributed by atoms with Crippen LogP contribution in [0.1, 0.15) is 0 Å². The van der Waals surface area contributed by atoms with E-state index >= 15 is 0 Å². The molecule has 42 heavy (non-hydrogen) atoms. The van der Waals surface area contributed by atoms with Gasteiger partial charge in [0.25, 0.3) is 0 Å². The molecule has 2 heteroatoms. The maximum Gasteiger partial charge on any atom is 0.0800 e. The molecule has 0 aliphatic carbocycles. The Morgan fingerprint density at radius 3 is 1.71 bits per heavy atom. The number of nitrogens with zero attached hydrogens (tertiary/aromatic N) is 2. The van der Waals surface area contributed by atoms with Crippen LogP contribution in [0.25, 0.3) is 87.3 Å². The number of rotatable bonds is 2. The Balaban J connectivity index is 1.53. The SMILES string of the molecule is c1ccc(-c2c3ccccc3c(-c3nc4ccccc4c4c3ccc3ccc5cccnc5c34)c3ccccc23)cc1. The fourth-order valence-electron chi connectivity index (χ4n) is 6.88. The van der Waals surface area contributed by atoms with Crippen LogP contribution in [-0.4, -0.2) is 9.97 Å². The van der Waals surface area contributed by atoms with E-state index in [0.29, 0.717) is 0 Å². The Kier molecular flexibility index (Phi) is 4.93. The summed E-state index contributed by atoms with van der Waals surface area (Å²) >= 11 is 0. The van der Waals surface area contributed by atoms with Crippen molar-refractivity contribution < 1.29 is 0 Å². The fourth-order valence-corrected chi connectivity index (χ4v) is 6.88. The Morgan fingerprint density at radius 2 is 0.976 bits per heavy atom. The van der Waals surface area contributed by atoms with Crippen molar-refractivity contribution >= 4 is 64.9 Å². The second-order valence-electron chi connectivity index (χ2n) is 10.9. The second-order valence-corrected chi connectivity index (χ2v) is 10.9. The molecule has 2 nitrogen and oxygen atoms in total. The van der Waals surface area contributed by atoms with E-state index in [1.807, 2.05) is 12.3 Å². The first-order chi connectivity index (χ1) is 20.9. The first kappa shape index (κ1) is 23.1. The summed E-state index contributed by atoms with van der Waals surface area (Å²) in [6.45, 7) is 0. The maximum atomic E-state index is 5.44. The number of fused-ring (bicyclic) bond motifs is 9. The third kappa shape index (κ3) is 3.27. The van der Waals surface area contributed by atoms with Crippen LogP contribution in [0, 0.1) is 0 Å². The maximum absolute atomic E-state index is 5.44. The summed E-state index contributed by atoms with van der Waals surface area (Å²) < 4.78 is 0. The molecule has 0 atom stereocenters. The van der Waals surface area contributed by atoms with Crippen molar-refractivity contribution in [2.75, 3.05) is 0 Å². The van der Waals surface area contributed by atoms with Crippen molar-refractivity contribution in [2.45, 2.75) is 0 Å². The van der Waals surface area contributed by atoms with Crippen LogP contribution in [0.5, 0.6) is 0 Å². The molecule has 0 saturated carbocycles. The van der Waals surface area contributed by atoms with Gasteiger partial charge in [0.2, 0.25) is 0 Å². The zero-order valence-electron chi connectivity index (χ0n) is 22.8. The summed E-state index contributed by atoms with van der Waals surface area (Å²) in [6, 6.07) is 49.9. The molecule has 0 unspecified atom stereocenters. The molecular formula is C40H24N2. The molecule has 0 fully saturated rings. The largest absolute Gasteiger partial charge is 0.256 e. The molecule has 0 saturated heterocycles. The Hall–Kier alpha value is -5.60. The molecule has 9 aromatic rings. The van der Waals surface area contributed by atoms with E-state index in [1.165, 1.54) is 54.4 Å². The average molecular weight is 533 g/mol. The minimum Gasteiger partial charge on any atom is -0.256 e. The zero-order valence-corrected chi connectivity index (χ0v) is 22.8. The number of hydrogen-bond donors (Lipinski definition) is 0. The molecule has 194 valence electrons. The predicted molar refractivity (Wildman–Crippen MR) is 178 cm³/mol. The molecule has 0 N–H and O–H groups in total. The highest BCUT2D eigenvalue weighted by Crippen LogP contribution is 2.46. The summed E-state index contributed by atoms with van der Waals surface area (Å²) in [4.78, 5) is 10.3. The predicted octanol–water partition coefficient (Wildman–Crippen LogP) is 10.7. The summed E-state index contributed by atoms with van der Waals surface area (Å²) in [5, 5.41) is 11.9. The van der Waals surface area contributed by atoms with E-state index in [0.717, 1.165) is 32.9 Å². The van der Waals surface area contributed by atoms with Gasteiger partial charge in [-0.25, -0.2) is 4.98 Å². The van der Waals surface area contributed by atoms with Crippen molar-refractivity contribution in [3.05, 3.63) is 146 Å². The third-order valence-electron chi connectivity index (χ3n) is 8.65. The van der Waals surface area contributed by atoms with E-state index in [9.17, 15) is 0 Å². The van der Waals surface area contributed by atoms with Crippen molar-refractivity contribution in [1.82, 2.24) is 9.97 Å². The standard InChI is InChI=1S/C40H24N2/c1-2-11-25(12-3-1)35-28-14-4-6-16-30(28)38(31-17-7-5-15-29(31)35)40-33-23-22-26-20-21-27-13-10-24-41-39(27)36(26)37(33)32-18-8-9-19-34(32)42-40/h1-24H. The molecule has 0 spiro atoms. The van der Waals surface area contributed by atoms with E-state index in [1.54, 1.807) is 0 Å². The minimum atomic E-state index is 0.987. The van der Waals surface area contributed by atoms with E-state index < -0.39 is 0 Å². The smallest absolute Gasteiger partial charge is 0.0800 e. The molecule has 0 bridgehead atoms. The average Bonchev–Trinajstić information content (AvgIpc) is 3.06. The van der Waals surface area contributed by atoms with Gasteiger partial charge >= 0.3 is 0 Å². The van der Waals surface area contributed by atoms with Crippen LogP contribution in [0.15, 0.2) is 146 Å². The highest BCUT2D eigenvalue weighted by Gasteiger charge is 2.21. The molecule has 2 heterocycles. The number of hydrogen-bond acceptors (Lipinski definition) is 2. The highest BCUT2D eigenvalue weighted by molar-refractivity contribution is 6.30. The van der Waals surface area contributed by atoms with Crippen LogP contribution >= 0.6 is 0 Å². The first-order valence-electron chi connectivity index (χ1n) is 14.3. The van der Waals surface area contributed by atoms with Crippen LogP contribution in [0.3, 0.4) is 0 Å². The van der Waals surface area contributed by atoms with Crippen molar-refractivity contribution in [3.63, 3.8) is 0 Å². The van der Waals surface area contributed by atoms with Crippen molar-refractivity contribution in [3.8, 4) is 22.4 Å². The van der Waals surface area contributed by atoms with E-state index in [-0.39, 0.29) is 0 Å². The molecule has 7 aromatic carbocycles. The molecule has 0 aliphatic rings. The van der Waals surface area contributed by atoms with Gasteiger partial charge < -0.3 is 0 Å². The number of para-hydroxylation sites is 1. The Bertz CT molecular complexity index is 2460. The first-order valence-corrected chi connectivity index (χ1v) is 14.3. The zero-order chi connectivity index (χ0) is 27.6. The topological polar surface area (TPSA) is 25.8 Å². The molecule has 2 aromatic heterocycles. The van der Waals surface area contributed by atoms with Gasteiger partial charge in [-0.15, -0.1) is 0 Å². The lowest BCUT2D eigenvalue weighted by atomic mass is 9.85. The number of benzene rings is 7. The van der Waals surface area contributed by atoms with Gasteiger partial charge in [0, 0.05) is 38.7 Å². The van der Waals surface area contributed by atoms with Crippen molar-refractivity contribution in [2.24, 2.45) is 0 Å². The van der Waals surface area contributed by atoms with Gasteiger partial charge in [0.1, 0.15) is 0 Å². The van der Waals surface area contributed by atoms with Crippen LogP contribution in [0.4, 0.5) is 0 Å². The highest BCUT2D eigenvalue weighted by atomic mass is 14.7. The normalized spacial score (nSPS) is 11.8. The molecule has 0 amide bonds. The number of aromatic nitrogens is 2. The lowest BCUT2D eigenvalue weighted by molar-refractivity contribution is 1.43. The van der Waals surface area contributed by atoms with Crippen LogP contribution in [0.2, 0.25) is 0 Å². The fraction of sp³-hybridized carbons (Fsp3) is 0. The lowest BCUT2D eigenvalue weighted by Crippen LogP contribution is -1.95. The quantitative estimate of drug-likeness (QED) is 0.163. The third-order valence-corrected chi connectivity index (χ3v) is 8.65. The summed E-state index contributed by atoms with van der Waals surface area (Å²) in [7, 11) is 0. The second kappa shape index (κ2) is 8.95. The molecular weight excluding hydrogens is 508 g/mol. The van der Waals surface area contributed by atoms with Gasteiger partial charge in [-0.1, -0.05) is 127 Å². The van der Waals surface area contributed by atoms with Crippen LogP contribution in [-0.2, 0) is 0 Å². The van der Waals surface area contributed by atoms with E-state index in [4.69, 9.17) is 9.97 Å². The van der Waals surface area contributed by atoms with Gasteiger partial charge in [0.15, 0.2) is 0 Å². The van der Waals surface area contributed by atoms with Crippen LogP contribution < -0.4 is 0 Å². The number of pyridine rings is 2. The summed E-state index contributed by atoms with van der Waals surface area (Å²) in [5.41, 5.74) is 6.67. The van der Waals surface area contributed by atoms with Gasteiger partial charge in [-0.05, 0) is 50.2 Å².